The molecule has 6 rings (SSSR count). The van der Waals surface area contributed by atoms with Gasteiger partial charge in [-0.05, 0) is 86.7 Å². The molecule has 176 valence electrons. The Balaban J connectivity index is 1.30. The molecule has 32 heavy (non-hydrogen) atoms. The zero-order chi connectivity index (χ0) is 22.5. The minimum atomic E-state index is -3.88. The first-order valence-electron chi connectivity index (χ1n) is 11.6. The van der Waals surface area contributed by atoms with E-state index in [1.54, 1.807) is 0 Å². The highest BCUT2D eigenvalue weighted by atomic mass is 35.5. The van der Waals surface area contributed by atoms with Crippen molar-refractivity contribution in [2.75, 3.05) is 19.7 Å². The van der Waals surface area contributed by atoms with Crippen LogP contribution in [0.3, 0.4) is 0 Å². The maximum Gasteiger partial charge on any atom is 0.252 e. The van der Waals surface area contributed by atoms with E-state index in [2.05, 4.69) is 10.0 Å². The van der Waals surface area contributed by atoms with Crippen LogP contribution >= 0.6 is 23.2 Å². The first-order valence-corrected chi connectivity index (χ1v) is 13.9. The highest BCUT2D eigenvalue weighted by Gasteiger charge is 2.51. The summed E-state index contributed by atoms with van der Waals surface area (Å²) in [5.41, 5.74) is 0.159. The summed E-state index contributed by atoms with van der Waals surface area (Å²) in [7, 11) is -3.88. The van der Waals surface area contributed by atoms with Crippen LogP contribution in [-0.4, -0.2) is 40.1 Å². The number of amides is 1. The smallest absolute Gasteiger partial charge is 0.252 e. The summed E-state index contributed by atoms with van der Waals surface area (Å²) < 4.78 is 34.8. The average molecular weight is 501 g/mol. The van der Waals surface area contributed by atoms with Crippen molar-refractivity contribution in [3.8, 4) is 0 Å². The normalized spacial score (nSPS) is 33.6. The molecule has 1 heterocycles. The molecule has 0 aromatic heterocycles. The highest BCUT2D eigenvalue weighted by Crippen LogP contribution is 2.59. The van der Waals surface area contributed by atoms with Crippen molar-refractivity contribution in [1.29, 1.82) is 0 Å². The van der Waals surface area contributed by atoms with E-state index in [-0.39, 0.29) is 32.0 Å². The van der Waals surface area contributed by atoms with Crippen LogP contribution in [0.25, 0.3) is 0 Å². The van der Waals surface area contributed by atoms with Crippen molar-refractivity contribution in [2.24, 2.45) is 23.2 Å². The summed E-state index contributed by atoms with van der Waals surface area (Å²) in [4.78, 5) is 12.6. The van der Waals surface area contributed by atoms with Crippen LogP contribution in [0.4, 0.5) is 0 Å². The number of benzene rings is 1. The van der Waals surface area contributed by atoms with Gasteiger partial charge in [0.1, 0.15) is 4.90 Å². The largest absolute Gasteiger partial charge is 0.376 e. The molecule has 0 spiro atoms. The Morgan fingerprint density at radius 3 is 2.31 bits per heavy atom. The molecular formula is C23H30Cl2N2O4S. The van der Waals surface area contributed by atoms with Gasteiger partial charge in [0.2, 0.25) is 10.0 Å². The summed E-state index contributed by atoms with van der Waals surface area (Å²) in [6.45, 7) is 1.49. The fourth-order valence-corrected chi connectivity index (χ4v) is 8.86. The second-order valence-electron chi connectivity index (χ2n) is 10.3. The summed E-state index contributed by atoms with van der Waals surface area (Å²) in [6.07, 6.45) is 9.07. The predicted molar refractivity (Wildman–Crippen MR) is 124 cm³/mol. The number of halogens is 2. The van der Waals surface area contributed by atoms with Gasteiger partial charge in [0.15, 0.2) is 0 Å². The molecule has 1 aromatic rings. The fourth-order valence-electron chi connectivity index (χ4n) is 6.85. The maximum absolute atomic E-state index is 13.2. The van der Waals surface area contributed by atoms with Gasteiger partial charge in [-0.2, -0.15) is 0 Å². The zero-order valence-corrected chi connectivity index (χ0v) is 20.4. The number of hydrogen-bond acceptors (Lipinski definition) is 4. The number of ether oxygens (including phenoxy) is 1. The topological polar surface area (TPSA) is 84.5 Å². The molecular weight excluding hydrogens is 471 g/mol. The SMILES string of the molecule is O=C(NC[C@@H]1CCCO1)c1cc(S(=O)(=O)NCC23CC4CC(CC(C4)C2)C3)c(Cl)cc1Cl. The monoisotopic (exact) mass is 500 g/mol. The molecule has 1 atom stereocenters. The van der Waals surface area contributed by atoms with Crippen molar-refractivity contribution in [3.63, 3.8) is 0 Å². The molecule has 0 radical (unpaired) electrons. The second kappa shape index (κ2) is 8.73. The van der Waals surface area contributed by atoms with Gasteiger partial charge in [-0.1, -0.05) is 23.2 Å². The first-order chi connectivity index (χ1) is 15.2. The molecule has 6 nitrogen and oxygen atoms in total. The number of carbonyl (C=O) groups is 1. The quantitative estimate of drug-likeness (QED) is 0.580. The van der Waals surface area contributed by atoms with Gasteiger partial charge < -0.3 is 10.1 Å². The Morgan fingerprint density at radius 2 is 1.72 bits per heavy atom. The molecule has 5 fully saturated rings. The maximum atomic E-state index is 13.2. The summed E-state index contributed by atoms with van der Waals surface area (Å²) in [5.74, 6) is 1.79. The lowest BCUT2D eigenvalue weighted by Gasteiger charge is -2.56. The van der Waals surface area contributed by atoms with Crippen LogP contribution in [0.2, 0.25) is 10.0 Å². The minimum Gasteiger partial charge on any atom is -0.376 e. The Kier molecular flexibility index (Phi) is 6.25. The van der Waals surface area contributed by atoms with Crippen molar-refractivity contribution in [1.82, 2.24) is 10.0 Å². The number of nitrogens with one attached hydrogen (secondary N) is 2. The van der Waals surface area contributed by atoms with Crippen LogP contribution in [0, 0.1) is 23.2 Å². The third-order valence-corrected chi connectivity index (χ3v) is 10.1. The molecule has 5 aliphatic rings. The van der Waals surface area contributed by atoms with E-state index in [1.807, 2.05) is 0 Å². The Labute approximate surface area is 199 Å². The van der Waals surface area contributed by atoms with Crippen LogP contribution in [-0.2, 0) is 14.8 Å². The van der Waals surface area contributed by atoms with E-state index in [4.69, 9.17) is 27.9 Å². The number of carbonyl (C=O) groups excluding carboxylic acids is 1. The van der Waals surface area contributed by atoms with Crippen molar-refractivity contribution >= 4 is 39.1 Å². The van der Waals surface area contributed by atoms with Gasteiger partial charge in [-0.25, -0.2) is 13.1 Å². The van der Waals surface area contributed by atoms with Crippen molar-refractivity contribution in [2.45, 2.75) is 62.4 Å². The molecule has 4 aliphatic carbocycles. The van der Waals surface area contributed by atoms with E-state index in [0.717, 1.165) is 49.9 Å². The summed E-state index contributed by atoms with van der Waals surface area (Å²) in [6, 6.07) is 2.63. The Bertz CT molecular complexity index is 972. The van der Waals surface area contributed by atoms with Gasteiger partial charge in [0.25, 0.3) is 5.91 Å². The van der Waals surface area contributed by atoms with E-state index in [9.17, 15) is 13.2 Å². The third-order valence-electron chi connectivity index (χ3n) is 7.87. The van der Waals surface area contributed by atoms with E-state index < -0.39 is 15.9 Å². The number of rotatable bonds is 7. The molecule has 2 N–H and O–H groups in total. The van der Waals surface area contributed by atoms with Crippen LogP contribution in [0.1, 0.15) is 61.7 Å². The minimum absolute atomic E-state index is 0.0173. The molecule has 4 saturated carbocycles. The Morgan fingerprint density at radius 1 is 1.06 bits per heavy atom. The van der Waals surface area contributed by atoms with Crippen molar-refractivity contribution in [3.05, 3.63) is 27.7 Å². The number of sulfonamides is 1. The molecule has 1 aromatic carbocycles. The van der Waals surface area contributed by atoms with Crippen LogP contribution < -0.4 is 10.0 Å². The standard InChI is InChI=1S/C23H30Cl2N2O4S/c24-19-8-20(25)21(7-18(19)22(28)26-12-17-2-1-3-31-17)32(29,30)27-13-23-9-14-4-15(10-23)6-16(5-14)11-23/h7-8,14-17,27H,1-6,9-13H2,(H,26,28)/t14?,15?,16?,17-,23?/m0/s1. The zero-order valence-electron chi connectivity index (χ0n) is 18.0. The van der Waals surface area contributed by atoms with Gasteiger partial charge in [-0.15, -0.1) is 0 Å². The molecule has 1 saturated heterocycles. The first kappa shape index (κ1) is 22.9. The van der Waals surface area contributed by atoms with Gasteiger partial charge in [0.05, 0.1) is 21.7 Å². The summed E-state index contributed by atoms with van der Waals surface area (Å²) in [5, 5.41) is 2.94. The molecule has 0 unspecified atom stereocenters. The second-order valence-corrected chi connectivity index (χ2v) is 12.9. The fraction of sp³-hybridized carbons (Fsp3) is 0.696. The lowest BCUT2D eigenvalue weighted by molar-refractivity contribution is -0.0487. The predicted octanol–water partition coefficient (Wildman–Crippen LogP) is 4.40. The van der Waals surface area contributed by atoms with Gasteiger partial charge in [-0.3, -0.25) is 4.79 Å². The lowest BCUT2D eigenvalue weighted by Crippen LogP contribution is -2.51. The summed E-state index contributed by atoms with van der Waals surface area (Å²) >= 11 is 12.5. The van der Waals surface area contributed by atoms with E-state index >= 15 is 0 Å². The molecule has 9 heteroatoms. The number of hydrogen-bond donors (Lipinski definition) is 2. The molecule has 1 aliphatic heterocycles. The van der Waals surface area contributed by atoms with E-state index in [0.29, 0.717) is 19.7 Å². The van der Waals surface area contributed by atoms with Gasteiger partial charge >= 0.3 is 0 Å². The van der Waals surface area contributed by atoms with Gasteiger partial charge in [0, 0.05) is 19.7 Å². The average Bonchev–Trinajstić information content (AvgIpc) is 3.23. The van der Waals surface area contributed by atoms with E-state index in [1.165, 1.54) is 31.4 Å². The van der Waals surface area contributed by atoms with Crippen molar-refractivity contribution < 1.29 is 17.9 Å². The lowest BCUT2D eigenvalue weighted by atomic mass is 9.50. The molecule has 4 bridgehead atoms. The Hall–Kier alpha value is -0.860. The van der Waals surface area contributed by atoms with Crippen LogP contribution in [0.5, 0.6) is 0 Å². The highest BCUT2D eigenvalue weighted by molar-refractivity contribution is 7.89. The molecule has 1 amide bonds. The van der Waals surface area contributed by atoms with Crippen LogP contribution in [0.15, 0.2) is 17.0 Å². The third kappa shape index (κ3) is 4.56.